The second-order valence-corrected chi connectivity index (χ2v) is 6.77. The molecule has 2 atom stereocenters. The van der Waals surface area contributed by atoms with Crippen molar-refractivity contribution in [3.8, 4) is 0 Å². The molecule has 1 aromatic carbocycles. The van der Waals surface area contributed by atoms with Gasteiger partial charge in [-0.2, -0.15) is 4.98 Å². The number of hydrogen-bond acceptors (Lipinski definition) is 5. The van der Waals surface area contributed by atoms with Crippen molar-refractivity contribution in [2.24, 2.45) is 5.92 Å². The van der Waals surface area contributed by atoms with Gasteiger partial charge in [0.2, 0.25) is 11.7 Å². The second-order valence-electron chi connectivity index (χ2n) is 6.77. The summed E-state index contributed by atoms with van der Waals surface area (Å²) in [6, 6.07) is 7.50. The molecule has 2 aliphatic heterocycles. The number of hydrogen-bond donors (Lipinski definition) is 0. The standard InChI is InChI=1S/C18H21N3O3/c1-11(2)15(17-19-16(20-24-17)14-8-5-9-23-14)21-10-12-6-3-4-7-13(12)18(21)22/h3-4,6-7,11,14-15H,5,8-10H2,1-2H3/t14?,15-/m1/s1. The Morgan fingerprint density at radius 3 is 2.83 bits per heavy atom. The molecule has 1 unspecified atom stereocenters. The number of rotatable bonds is 4. The number of ether oxygens (including phenoxy) is 1. The Morgan fingerprint density at radius 2 is 2.12 bits per heavy atom. The maximum atomic E-state index is 12.8. The van der Waals surface area contributed by atoms with Crippen LogP contribution < -0.4 is 0 Å². The van der Waals surface area contributed by atoms with Crippen molar-refractivity contribution in [3.63, 3.8) is 0 Å². The first kappa shape index (κ1) is 15.3. The van der Waals surface area contributed by atoms with Gasteiger partial charge in [-0.15, -0.1) is 0 Å². The third-order valence-electron chi connectivity index (χ3n) is 4.74. The molecule has 0 radical (unpaired) electrons. The van der Waals surface area contributed by atoms with E-state index in [0.29, 0.717) is 18.3 Å². The lowest BCUT2D eigenvalue weighted by molar-refractivity contribution is 0.0596. The fourth-order valence-electron chi connectivity index (χ4n) is 3.56. The molecule has 2 aliphatic rings. The predicted octanol–water partition coefficient (Wildman–Crippen LogP) is 3.27. The SMILES string of the molecule is CC(C)[C@H](c1nc(C2CCCO2)no1)N1Cc2ccccc2C1=O. The molecule has 2 aromatic rings. The molecule has 6 heteroatoms. The molecule has 1 saturated heterocycles. The highest BCUT2D eigenvalue weighted by Gasteiger charge is 2.38. The van der Waals surface area contributed by atoms with Gasteiger partial charge in [-0.05, 0) is 30.4 Å². The zero-order valence-corrected chi connectivity index (χ0v) is 13.9. The lowest BCUT2D eigenvalue weighted by Gasteiger charge is -2.27. The molecule has 6 nitrogen and oxygen atoms in total. The summed E-state index contributed by atoms with van der Waals surface area (Å²) in [5, 5.41) is 4.10. The van der Waals surface area contributed by atoms with E-state index in [0.717, 1.165) is 30.6 Å². The Balaban J connectivity index is 1.63. The predicted molar refractivity (Wildman–Crippen MR) is 86.1 cm³/mol. The van der Waals surface area contributed by atoms with Crippen LogP contribution in [0.3, 0.4) is 0 Å². The topological polar surface area (TPSA) is 68.5 Å². The Morgan fingerprint density at radius 1 is 1.29 bits per heavy atom. The Hall–Kier alpha value is -2.21. The minimum absolute atomic E-state index is 0.0289. The Kier molecular flexibility index (Phi) is 3.84. The van der Waals surface area contributed by atoms with E-state index in [9.17, 15) is 4.79 Å². The molecule has 0 saturated carbocycles. The van der Waals surface area contributed by atoms with Crippen LogP contribution in [0, 0.1) is 5.92 Å². The molecule has 1 aromatic heterocycles. The monoisotopic (exact) mass is 327 g/mol. The van der Waals surface area contributed by atoms with Crippen LogP contribution in [0.5, 0.6) is 0 Å². The molecule has 0 spiro atoms. The molecule has 4 rings (SSSR count). The summed E-state index contributed by atoms with van der Waals surface area (Å²) >= 11 is 0. The third-order valence-corrected chi connectivity index (χ3v) is 4.74. The van der Waals surface area contributed by atoms with Crippen LogP contribution in [0.25, 0.3) is 0 Å². The van der Waals surface area contributed by atoms with E-state index >= 15 is 0 Å². The maximum absolute atomic E-state index is 12.8. The minimum atomic E-state index is -0.229. The summed E-state index contributed by atoms with van der Waals surface area (Å²) in [5.74, 6) is 1.29. The second kappa shape index (κ2) is 6.02. The number of amides is 1. The quantitative estimate of drug-likeness (QED) is 0.862. The minimum Gasteiger partial charge on any atom is -0.370 e. The lowest BCUT2D eigenvalue weighted by Crippen LogP contribution is -2.32. The van der Waals surface area contributed by atoms with Crippen LogP contribution in [0.15, 0.2) is 28.8 Å². The van der Waals surface area contributed by atoms with E-state index in [1.54, 1.807) is 0 Å². The average molecular weight is 327 g/mol. The molecule has 0 aliphatic carbocycles. The molecule has 24 heavy (non-hydrogen) atoms. The molecule has 1 fully saturated rings. The van der Waals surface area contributed by atoms with Crippen LogP contribution in [-0.4, -0.2) is 27.6 Å². The lowest BCUT2D eigenvalue weighted by atomic mass is 10.0. The van der Waals surface area contributed by atoms with Crippen molar-refractivity contribution in [1.82, 2.24) is 15.0 Å². The van der Waals surface area contributed by atoms with Crippen molar-refractivity contribution >= 4 is 5.91 Å². The van der Waals surface area contributed by atoms with Crippen LogP contribution in [0.1, 0.15) is 66.5 Å². The highest BCUT2D eigenvalue weighted by Crippen LogP contribution is 2.36. The molecular formula is C18H21N3O3. The van der Waals surface area contributed by atoms with Gasteiger partial charge in [0.1, 0.15) is 12.1 Å². The first-order valence-corrected chi connectivity index (χ1v) is 8.49. The summed E-state index contributed by atoms with van der Waals surface area (Å²) in [5.41, 5.74) is 1.81. The fourth-order valence-corrected chi connectivity index (χ4v) is 3.56. The van der Waals surface area contributed by atoms with Gasteiger partial charge in [-0.3, -0.25) is 4.79 Å². The van der Waals surface area contributed by atoms with Crippen molar-refractivity contribution in [2.45, 2.75) is 45.4 Å². The van der Waals surface area contributed by atoms with E-state index in [-0.39, 0.29) is 24.0 Å². The maximum Gasteiger partial charge on any atom is 0.255 e. The highest BCUT2D eigenvalue weighted by atomic mass is 16.5. The summed E-state index contributed by atoms with van der Waals surface area (Å²) in [7, 11) is 0. The van der Waals surface area contributed by atoms with Gasteiger partial charge >= 0.3 is 0 Å². The van der Waals surface area contributed by atoms with Gasteiger partial charge in [0.05, 0.1) is 0 Å². The van der Waals surface area contributed by atoms with Crippen molar-refractivity contribution in [3.05, 3.63) is 47.1 Å². The fraction of sp³-hybridized carbons (Fsp3) is 0.500. The Labute approximate surface area is 140 Å². The molecule has 3 heterocycles. The first-order valence-electron chi connectivity index (χ1n) is 8.49. The number of fused-ring (bicyclic) bond motifs is 1. The van der Waals surface area contributed by atoms with Gasteiger partial charge in [0, 0.05) is 18.7 Å². The highest BCUT2D eigenvalue weighted by molar-refractivity contribution is 5.98. The molecular weight excluding hydrogens is 306 g/mol. The smallest absolute Gasteiger partial charge is 0.255 e. The van der Waals surface area contributed by atoms with E-state index in [2.05, 4.69) is 24.0 Å². The molecule has 1 amide bonds. The van der Waals surface area contributed by atoms with Gasteiger partial charge in [-0.1, -0.05) is 37.2 Å². The zero-order valence-electron chi connectivity index (χ0n) is 13.9. The van der Waals surface area contributed by atoms with E-state index in [1.807, 2.05) is 29.2 Å². The van der Waals surface area contributed by atoms with Crippen LogP contribution in [-0.2, 0) is 11.3 Å². The van der Waals surface area contributed by atoms with Crippen molar-refractivity contribution in [1.29, 1.82) is 0 Å². The average Bonchev–Trinajstić information content (AvgIpc) is 3.29. The van der Waals surface area contributed by atoms with E-state index in [1.165, 1.54) is 0 Å². The number of carbonyl (C=O) groups excluding carboxylic acids is 1. The molecule has 126 valence electrons. The van der Waals surface area contributed by atoms with Gasteiger partial charge in [-0.25, -0.2) is 0 Å². The first-order chi connectivity index (χ1) is 11.6. The van der Waals surface area contributed by atoms with Gasteiger partial charge in [0.25, 0.3) is 5.91 Å². The van der Waals surface area contributed by atoms with E-state index < -0.39 is 0 Å². The third kappa shape index (κ3) is 2.51. The zero-order chi connectivity index (χ0) is 16.7. The number of carbonyl (C=O) groups is 1. The number of aromatic nitrogens is 2. The van der Waals surface area contributed by atoms with Crippen molar-refractivity contribution in [2.75, 3.05) is 6.61 Å². The van der Waals surface area contributed by atoms with E-state index in [4.69, 9.17) is 9.26 Å². The van der Waals surface area contributed by atoms with Crippen LogP contribution in [0.4, 0.5) is 0 Å². The van der Waals surface area contributed by atoms with Crippen LogP contribution in [0.2, 0.25) is 0 Å². The summed E-state index contributed by atoms with van der Waals surface area (Å²) in [6.07, 6.45) is 1.85. The summed E-state index contributed by atoms with van der Waals surface area (Å²) in [4.78, 5) is 19.2. The molecule has 0 N–H and O–H groups in total. The number of nitrogens with zero attached hydrogens (tertiary/aromatic N) is 3. The van der Waals surface area contributed by atoms with Gasteiger partial charge in [0.15, 0.2) is 0 Å². The number of benzene rings is 1. The Bertz CT molecular complexity index is 749. The normalized spacial score (nSPS) is 21.5. The van der Waals surface area contributed by atoms with Gasteiger partial charge < -0.3 is 14.2 Å². The summed E-state index contributed by atoms with van der Waals surface area (Å²) in [6.45, 7) is 5.45. The largest absolute Gasteiger partial charge is 0.370 e. The molecule has 0 bridgehead atoms. The van der Waals surface area contributed by atoms with Crippen molar-refractivity contribution < 1.29 is 14.1 Å². The summed E-state index contributed by atoms with van der Waals surface area (Å²) < 4.78 is 11.1. The van der Waals surface area contributed by atoms with Crippen LogP contribution >= 0.6 is 0 Å².